The SMILES string of the molecule is CC(CCCO)NC(=O)c1sc(N(C)C)nc1N. The second-order valence-electron chi connectivity index (χ2n) is 4.35. The summed E-state index contributed by atoms with van der Waals surface area (Å²) in [6.07, 6.45) is 1.41. The van der Waals surface area contributed by atoms with Gasteiger partial charge in [0.05, 0.1) is 0 Å². The highest BCUT2D eigenvalue weighted by Gasteiger charge is 2.18. The van der Waals surface area contributed by atoms with Crippen molar-refractivity contribution >= 4 is 28.2 Å². The number of hydrogen-bond acceptors (Lipinski definition) is 6. The van der Waals surface area contributed by atoms with Crippen LogP contribution in [-0.2, 0) is 0 Å². The van der Waals surface area contributed by atoms with Crippen molar-refractivity contribution in [2.45, 2.75) is 25.8 Å². The minimum absolute atomic E-state index is 0.00829. The zero-order chi connectivity index (χ0) is 13.7. The van der Waals surface area contributed by atoms with E-state index in [1.165, 1.54) is 11.3 Å². The van der Waals surface area contributed by atoms with E-state index < -0.39 is 0 Å². The van der Waals surface area contributed by atoms with Crippen molar-refractivity contribution in [3.8, 4) is 0 Å². The fourth-order valence-corrected chi connectivity index (χ4v) is 2.24. The first-order chi connectivity index (χ1) is 8.45. The number of nitrogens with one attached hydrogen (secondary N) is 1. The third kappa shape index (κ3) is 3.85. The van der Waals surface area contributed by atoms with Gasteiger partial charge in [0.2, 0.25) is 0 Å². The van der Waals surface area contributed by atoms with Crippen molar-refractivity contribution in [2.75, 3.05) is 31.3 Å². The molecular weight excluding hydrogens is 252 g/mol. The van der Waals surface area contributed by atoms with E-state index in [4.69, 9.17) is 10.8 Å². The summed E-state index contributed by atoms with van der Waals surface area (Å²) in [5.74, 6) is 0.0547. The third-order valence-electron chi connectivity index (χ3n) is 2.40. The molecule has 0 radical (unpaired) electrons. The Balaban J connectivity index is 2.66. The fraction of sp³-hybridized carbons (Fsp3) is 0.636. The van der Waals surface area contributed by atoms with Gasteiger partial charge >= 0.3 is 0 Å². The third-order valence-corrected chi connectivity index (χ3v) is 3.64. The van der Waals surface area contributed by atoms with Gasteiger partial charge in [-0.25, -0.2) is 4.98 Å². The summed E-state index contributed by atoms with van der Waals surface area (Å²) >= 11 is 1.27. The van der Waals surface area contributed by atoms with E-state index in [-0.39, 0.29) is 24.4 Å². The van der Waals surface area contributed by atoms with Gasteiger partial charge in [0.1, 0.15) is 10.7 Å². The van der Waals surface area contributed by atoms with Crippen LogP contribution >= 0.6 is 11.3 Å². The molecule has 1 atom stereocenters. The van der Waals surface area contributed by atoms with Crippen LogP contribution in [-0.4, -0.2) is 42.7 Å². The molecule has 0 aromatic carbocycles. The standard InChI is InChI=1S/C11H20N4O2S/c1-7(5-4-6-16)13-10(17)8-9(12)14-11(18-8)15(2)3/h7,16H,4-6,12H2,1-3H3,(H,13,17). The molecule has 0 bridgehead atoms. The van der Waals surface area contributed by atoms with Crippen molar-refractivity contribution in [2.24, 2.45) is 0 Å². The molecule has 102 valence electrons. The number of aliphatic hydroxyl groups excluding tert-OH is 1. The van der Waals surface area contributed by atoms with Gasteiger partial charge in [-0.05, 0) is 19.8 Å². The van der Waals surface area contributed by atoms with Gasteiger partial charge < -0.3 is 21.1 Å². The van der Waals surface area contributed by atoms with Gasteiger partial charge in [0, 0.05) is 26.7 Å². The molecule has 18 heavy (non-hydrogen) atoms. The van der Waals surface area contributed by atoms with Crippen LogP contribution in [0, 0.1) is 0 Å². The lowest BCUT2D eigenvalue weighted by atomic mass is 10.2. The molecule has 0 aliphatic carbocycles. The van der Waals surface area contributed by atoms with Crippen LogP contribution < -0.4 is 16.0 Å². The normalized spacial score (nSPS) is 12.2. The number of hydrogen-bond donors (Lipinski definition) is 3. The molecule has 1 amide bonds. The number of nitrogens with two attached hydrogens (primary N) is 1. The maximum absolute atomic E-state index is 12.0. The number of amides is 1. The second-order valence-corrected chi connectivity index (χ2v) is 5.32. The molecule has 1 aromatic heterocycles. The molecule has 6 nitrogen and oxygen atoms in total. The average Bonchev–Trinajstić information content (AvgIpc) is 2.68. The molecule has 0 fully saturated rings. The highest BCUT2D eigenvalue weighted by Crippen LogP contribution is 2.26. The fourth-order valence-electron chi connectivity index (χ4n) is 1.43. The summed E-state index contributed by atoms with van der Waals surface area (Å²) in [5, 5.41) is 12.3. The number of aliphatic hydroxyl groups is 1. The second kappa shape index (κ2) is 6.55. The number of thiazole rings is 1. The van der Waals surface area contributed by atoms with Crippen molar-refractivity contribution in [3.05, 3.63) is 4.88 Å². The Morgan fingerprint density at radius 2 is 2.28 bits per heavy atom. The molecule has 1 aromatic rings. The molecule has 1 unspecified atom stereocenters. The van der Waals surface area contributed by atoms with Crippen LogP contribution in [0.5, 0.6) is 0 Å². The molecular formula is C11H20N4O2S. The van der Waals surface area contributed by atoms with Gasteiger partial charge in [-0.15, -0.1) is 0 Å². The van der Waals surface area contributed by atoms with Crippen LogP contribution in [0.1, 0.15) is 29.4 Å². The summed E-state index contributed by atoms with van der Waals surface area (Å²) in [7, 11) is 3.70. The zero-order valence-corrected chi connectivity index (χ0v) is 11.8. The van der Waals surface area contributed by atoms with Gasteiger partial charge in [-0.1, -0.05) is 11.3 Å². The van der Waals surface area contributed by atoms with Crippen molar-refractivity contribution in [3.63, 3.8) is 0 Å². The van der Waals surface area contributed by atoms with Crippen LogP contribution in [0.15, 0.2) is 0 Å². The topological polar surface area (TPSA) is 91.5 Å². The van der Waals surface area contributed by atoms with E-state index in [1.54, 1.807) is 0 Å². The lowest BCUT2D eigenvalue weighted by molar-refractivity contribution is 0.0941. The Hall–Kier alpha value is -1.34. The molecule has 1 rings (SSSR count). The monoisotopic (exact) mass is 272 g/mol. The molecule has 0 saturated carbocycles. The lowest BCUT2D eigenvalue weighted by Crippen LogP contribution is -2.32. The predicted molar refractivity (Wildman–Crippen MR) is 74.1 cm³/mol. The van der Waals surface area contributed by atoms with E-state index in [0.29, 0.717) is 16.4 Å². The average molecular weight is 272 g/mol. The summed E-state index contributed by atoms with van der Waals surface area (Å²) in [4.78, 5) is 18.3. The Labute approximate surface area is 111 Å². The van der Waals surface area contributed by atoms with E-state index in [0.717, 1.165) is 6.42 Å². The van der Waals surface area contributed by atoms with Crippen molar-refractivity contribution < 1.29 is 9.90 Å². The van der Waals surface area contributed by atoms with Crippen molar-refractivity contribution in [1.82, 2.24) is 10.3 Å². The van der Waals surface area contributed by atoms with Crippen LogP contribution in [0.4, 0.5) is 10.9 Å². The number of rotatable bonds is 6. The van der Waals surface area contributed by atoms with Gasteiger partial charge in [0.15, 0.2) is 5.13 Å². The molecule has 4 N–H and O–H groups in total. The predicted octanol–water partition coefficient (Wildman–Crippen LogP) is 0.682. The van der Waals surface area contributed by atoms with Gasteiger partial charge in [-0.3, -0.25) is 4.79 Å². The van der Waals surface area contributed by atoms with Gasteiger partial charge in [-0.2, -0.15) is 0 Å². The largest absolute Gasteiger partial charge is 0.396 e. The number of nitrogen functional groups attached to an aromatic ring is 1. The maximum Gasteiger partial charge on any atom is 0.265 e. The highest BCUT2D eigenvalue weighted by atomic mass is 32.1. The summed E-state index contributed by atoms with van der Waals surface area (Å²) < 4.78 is 0. The first-order valence-electron chi connectivity index (χ1n) is 5.81. The minimum Gasteiger partial charge on any atom is -0.396 e. The number of aromatic nitrogens is 1. The molecule has 0 aliphatic heterocycles. The van der Waals surface area contributed by atoms with Crippen LogP contribution in [0.2, 0.25) is 0 Å². The number of nitrogens with zero attached hydrogens (tertiary/aromatic N) is 2. The number of anilines is 2. The first kappa shape index (κ1) is 14.7. The minimum atomic E-state index is -0.205. The summed E-state index contributed by atoms with van der Waals surface area (Å²) in [5.41, 5.74) is 5.73. The highest BCUT2D eigenvalue weighted by molar-refractivity contribution is 7.18. The Kier molecular flexibility index (Phi) is 5.36. The van der Waals surface area contributed by atoms with E-state index in [2.05, 4.69) is 10.3 Å². The number of carbonyl (C=O) groups is 1. The van der Waals surface area contributed by atoms with E-state index in [9.17, 15) is 4.79 Å². The van der Waals surface area contributed by atoms with Crippen LogP contribution in [0.25, 0.3) is 0 Å². The van der Waals surface area contributed by atoms with Gasteiger partial charge in [0.25, 0.3) is 5.91 Å². The first-order valence-corrected chi connectivity index (χ1v) is 6.62. The van der Waals surface area contributed by atoms with E-state index in [1.807, 2.05) is 25.9 Å². The lowest BCUT2D eigenvalue weighted by Gasteiger charge is -2.12. The van der Waals surface area contributed by atoms with Crippen molar-refractivity contribution in [1.29, 1.82) is 0 Å². The number of carbonyl (C=O) groups excluding carboxylic acids is 1. The Morgan fingerprint density at radius 3 is 2.78 bits per heavy atom. The molecule has 7 heteroatoms. The molecule has 0 saturated heterocycles. The molecule has 0 aliphatic rings. The summed E-state index contributed by atoms with van der Waals surface area (Å²) in [6, 6.07) is 0.00829. The maximum atomic E-state index is 12.0. The summed E-state index contributed by atoms with van der Waals surface area (Å²) in [6.45, 7) is 2.03. The quantitative estimate of drug-likeness (QED) is 0.708. The Bertz CT molecular complexity index is 406. The molecule has 1 heterocycles. The Morgan fingerprint density at radius 1 is 1.61 bits per heavy atom. The molecule has 0 spiro atoms. The smallest absolute Gasteiger partial charge is 0.265 e. The zero-order valence-electron chi connectivity index (χ0n) is 10.9. The van der Waals surface area contributed by atoms with Crippen LogP contribution in [0.3, 0.4) is 0 Å². The van der Waals surface area contributed by atoms with E-state index >= 15 is 0 Å².